The Kier molecular flexibility index (Phi) is 5.51. The molecule has 142 valence electrons. The third-order valence-corrected chi connectivity index (χ3v) is 5.82. The Balaban J connectivity index is 1.64. The predicted molar refractivity (Wildman–Crippen MR) is 108 cm³/mol. The number of fused-ring (bicyclic) bond motifs is 1. The first-order valence-corrected chi connectivity index (χ1v) is 9.94. The van der Waals surface area contributed by atoms with E-state index >= 15 is 0 Å². The lowest BCUT2D eigenvalue weighted by Gasteiger charge is -2.15. The molecule has 0 fully saturated rings. The highest BCUT2D eigenvalue weighted by Crippen LogP contribution is 2.19. The number of rotatable bonds is 5. The Morgan fingerprint density at radius 2 is 1.89 bits per heavy atom. The molecular formula is C20H25N5OS. The molecular weight excluding hydrogens is 358 g/mol. The zero-order valence-electron chi connectivity index (χ0n) is 16.6. The van der Waals surface area contributed by atoms with Crippen molar-refractivity contribution in [3.05, 3.63) is 51.8 Å². The first-order valence-electron chi connectivity index (χ1n) is 8.96. The summed E-state index contributed by atoms with van der Waals surface area (Å²) in [5.41, 5.74) is 6.65. The van der Waals surface area contributed by atoms with E-state index < -0.39 is 0 Å². The fourth-order valence-electron chi connectivity index (χ4n) is 2.83. The maximum absolute atomic E-state index is 12.3. The summed E-state index contributed by atoms with van der Waals surface area (Å²) < 4.78 is 1.74. The van der Waals surface area contributed by atoms with Crippen LogP contribution in [0.2, 0.25) is 0 Å². The van der Waals surface area contributed by atoms with E-state index in [2.05, 4.69) is 52.4 Å². The largest absolute Gasteiger partial charge is 0.349 e. The normalized spacial score (nSPS) is 12.4. The fourth-order valence-corrected chi connectivity index (χ4v) is 3.46. The highest BCUT2D eigenvalue weighted by Gasteiger charge is 2.14. The smallest absolute Gasteiger partial charge is 0.253 e. The van der Waals surface area contributed by atoms with Crippen LogP contribution in [0.25, 0.3) is 5.78 Å². The van der Waals surface area contributed by atoms with Crippen molar-refractivity contribution >= 4 is 23.4 Å². The molecule has 0 bridgehead atoms. The lowest BCUT2D eigenvalue weighted by Crippen LogP contribution is -2.28. The quantitative estimate of drug-likeness (QED) is 0.681. The van der Waals surface area contributed by atoms with E-state index in [0.717, 1.165) is 22.5 Å². The molecule has 3 rings (SSSR count). The fraction of sp³-hybridized carbons (Fsp3) is 0.400. The van der Waals surface area contributed by atoms with E-state index in [1.807, 2.05) is 27.7 Å². The van der Waals surface area contributed by atoms with Gasteiger partial charge in [0.1, 0.15) is 0 Å². The molecule has 1 N–H and O–H groups in total. The van der Waals surface area contributed by atoms with Crippen LogP contribution in [0.15, 0.2) is 23.4 Å². The SMILES string of the molecule is Cc1ccc([C@@H](C)NC(=O)CSc2nc3nc(C)c(C)c(C)n3n2)cc1C. The van der Waals surface area contributed by atoms with E-state index in [4.69, 9.17) is 0 Å². The highest BCUT2D eigenvalue weighted by atomic mass is 32.2. The average Bonchev–Trinajstić information content (AvgIpc) is 3.03. The van der Waals surface area contributed by atoms with E-state index in [-0.39, 0.29) is 17.7 Å². The van der Waals surface area contributed by atoms with Crippen molar-refractivity contribution < 1.29 is 4.79 Å². The van der Waals surface area contributed by atoms with Crippen molar-refractivity contribution in [3.8, 4) is 0 Å². The molecule has 2 aromatic heterocycles. The van der Waals surface area contributed by atoms with Crippen LogP contribution in [-0.4, -0.2) is 31.2 Å². The van der Waals surface area contributed by atoms with Gasteiger partial charge in [0.05, 0.1) is 11.8 Å². The van der Waals surface area contributed by atoms with Gasteiger partial charge in [-0.1, -0.05) is 30.0 Å². The van der Waals surface area contributed by atoms with Crippen LogP contribution in [0, 0.1) is 34.6 Å². The van der Waals surface area contributed by atoms with E-state index in [1.54, 1.807) is 4.52 Å². The molecule has 2 heterocycles. The summed E-state index contributed by atoms with van der Waals surface area (Å²) in [4.78, 5) is 21.2. The molecule has 1 aromatic carbocycles. The van der Waals surface area contributed by atoms with Gasteiger partial charge in [-0.3, -0.25) is 4.79 Å². The number of aryl methyl sites for hydroxylation is 4. The minimum atomic E-state index is -0.0411. The Morgan fingerprint density at radius 1 is 1.15 bits per heavy atom. The molecule has 0 saturated heterocycles. The van der Waals surface area contributed by atoms with Crippen LogP contribution >= 0.6 is 11.8 Å². The predicted octanol–water partition coefficient (Wildman–Crippen LogP) is 3.64. The van der Waals surface area contributed by atoms with Crippen LogP contribution < -0.4 is 5.32 Å². The van der Waals surface area contributed by atoms with Crippen molar-refractivity contribution in [2.75, 3.05) is 5.75 Å². The number of amides is 1. The number of carbonyl (C=O) groups excluding carboxylic acids is 1. The topological polar surface area (TPSA) is 72.2 Å². The van der Waals surface area contributed by atoms with Crippen molar-refractivity contribution in [1.29, 1.82) is 0 Å². The Labute approximate surface area is 163 Å². The second-order valence-corrected chi connectivity index (χ2v) is 7.88. The second-order valence-electron chi connectivity index (χ2n) is 6.94. The number of carbonyl (C=O) groups is 1. The number of hydrogen-bond donors (Lipinski definition) is 1. The monoisotopic (exact) mass is 383 g/mol. The van der Waals surface area contributed by atoms with Crippen LogP contribution in [0.5, 0.6) is 0 Å². The Morgan fingerprint density at radius 3 is 2.59 bits per heavy atom. The molecule has 1 atom stereocenters. The van der Waals surface area contributed by atoms with Gasteiger partial charge in [0.2, 0.25) is 11.1 Å². The molecule has 0 unspecified atom stereocenters. The van der Waals surface area contributed by atoms with Gasteiger partial charge in [0.15, 0.2) is 0 Å². The van der Waals surface area contributed by atoms with Crippen LogP contribution in [0.3, 0.4) is 0 Å². The van der Waals surface area contributed by atoms with Crippen LogP contribution in [0.1, 0.15) is 46.6 Å². The molecule has 3 aromatic rings. The van der Waals surface area contributed by atoms with Gasteiger partial charge in [-0.25, -0.2) is 9.50 Å². The zero-order valence-corrected chi connectivity index (χ0v) is 17.4. The van der Waals surface area contributed by atoms with Gasteiger partial charge >= 0.3 is 0 Å². The minimum absolute atomic E-state index is 0.0402. The van der Waals surface area contributed by atoms with Crippen LogP contribution in [0.4, 0.5) is 0 Å². The number of hydrogen-bond acceptors (Lipinski definition) is 5. The summed E-state index contributed by atoms with van der Waals surface area (Å²) in [7, 11) is 0. The molecule has 0 saturated carbocycles. The molecule has 0 spiro atoms. The van der Waals surface area contributed by atoms with Gasteiger partial charge in [-0.05, 0) is 63.8 Å². The minimum Gasteiger partial charge on any atom is -0.349 e. The summed E-state index contributed by atoms with van der Waals surface area (Å²) in [5.74, 6) is 0.798. The molecule has 0 aliphatic heterocycles. The number of nitrogens with zero attached hydrogens (tertiary/aromatic N) is 4. The number of aromatic nitrogens is 4. The van der Waals surface area contributed by atoms with Gasteiger partial charge in [-0.15, -0.1) is 5.10 Å². The molecule has 7 heteroatoms. The average molecular weight is 384 g/mol. The van der Waals surface area contributed by atoms with Gasteiger partial charge in [0, 0.05) is 11.4 Å². The van der Waals surface area contributed by atoms with E-state index in [1.165, 1.54) is 22.9 Å². The van der Waals surface area contributed by atoms with E-state index in [0.29, 0.717) is 10.9 Å². The Bertz CT molecular complexity index is 1010. The summed E-state index contributed by atoms with van der Waals surface area (Å²) in [5, 5.41) is 8.07. The third kappa shape index (κ3) is 4.13. The van der Waals surface area contributed by atoms with Crippen molar-refractivity contribution in [2.45, 2.75) is 52.7 Å². The molecule has 6 nitrogen and oxygen atoms in total. The lowest BCUT2D eigenvalue weighted by molar-refractivity contribution is -0.119. The first-order chi connectivity index (χ1) is 12.8. The number of benzene rings is 1. The standard InChI is InChI=1S/C20H25N5OS/c1-11-7-8-17(9-12(11)2)15(5)21-18(26)10-27-20-23-19-22-14(4)13(3)16(6)25(19)24-20/h7-9,15H,10H2,1-6H3,(H,21,26)/t15-/m1/s1. The molecule has 0 aliphatic rings. The van der Waals surface area contributed by atoms with Gasteiger partial charge < -0.3 is 5.32 Å². The number of thioether (sulfide) groups is 1. The zero-order chi connectivity index (χ0) is 19.7. The van der Waals surface area contributed by atoms with Crippen molar-refractivity contribution in [1.82, 2.24) is 24.9 Å². The van der Waals surface area contributed by atoms with Crippen LogP contribution in [-0.2, 0) is 4.79 Å². The van der Waals surface area contributed by atoms with Crippen molar-refractivity contribution in [2.24, 2.45) is 0 Å². The van der Waals surface area contributed by atoms with E-state index in [9.17, 15) is 4.79 Å². The highest BCUT2D eigenvalue weighted by molar-refractivity contribution is 7.99. The Hall–Kier alpha value is -2.41. The second kappa shape index (κ2) is 7.68. The van der Waals surface area contributed by atoms with Gasteiger partial charge in [0.25, 0.3) is 5.78 Å². The van der Waals surface area contributed by atoms with Gasteiger partial charge in [-0.2, -0.15) is 4.98 Å². The first kappa shape index (κ1) is 19.4. The maximum Gasteiger partial charge on any atom is 0.253 e. The summed E-state index contributed by atoms with van der Waals surface area (Å²) in [6, 6.07) is 6.22. The maximum atomic E-state index is 12.3. The summed E-state index contributed by atoms with van der Waals surface area (Å²) >= 11 is 1.32. The number of nitrogens with one attached hydrogen (secondary N) is 1. The summed E-state index contributed by atoms with van der Waals surface area (Å²) in [6.07, 6.45) is 0. The third-order valence-electron chi connectivity index (χ3n) is 4.98. The molecule has 1 amide bonds. The van der Waals surface area contributed by atoms with Crippen molar-refractivity contribution in [3.63, 3.8) is 0 Å². The summed E-state index contributed by atoms with van der Waals surface area (Å²) in [6.45, 7) is 12.1. The molecule has 0 radical (unpaired) electrons. The molecule has 27 heavy (non-hydrogen) atoms. The lowest BCUT2D eigenvalue weighted by atomic mass is 10.0. The molecule has 0 aliphatic carbocycles.